The van der Waals surface area contributed by atoms with Gasteiger partial charge in [0, 0.05) is 6.42 Å². The van der Waals surface area contributed by atoms with Crippen molar-refractivity contribution in [3.05, 3.63) is 57.1 Å². The van der Waals surface area contributed by atoms with Crippen molar-refractivity contribution in [1.82, 2.24) is 9.78 Å². The summed E-state index contributed by atoms with van der Waals surface area (Å²) in [7, 11) is 0. The number of aromatic nitrogens is 2. The largest absolute Gasteiger partial charge is 0.393 e. The third-order valence-corrected chi connectivity index (χ3v) is 5.55. The van der Waals surface area contributed by atoms with E-state index in [2.05, 4.69) is 24.2 Å². The van der Waals surface area contributed by atoms with Crippen molar-refractivity contribution >= 4 is 16.7 Å². The number of aliphatic hydroxyl groups is 1. The molecule has 0 aliphatic heterocycles. The molecule has 1 unspecified atom stereocenters. The van der Waals surface area contributed by atoms with E-state index in [0.717, 1.165) is 43.2 Å². The van der Waals surface area contributed by atoms with E-state index >= 15 is 0 Å². The second-order valence-corrected chi connectivity index (χ2v) is 8.17. The minimum Gasteiger partial charge on any atom is -0.393 e. The summed E-state index contributed by atoms with van der Waals surface area (Å²) in [4.78, 5) is 36.9. The number of H-pyrrole nitrogens is 1. The summed E-state index contributed by atoms with van der Waals surface area (Å²) in [5.74, 6) is -0.390. The monoisotopic (exact) mass is 428 g/mol. The molecule has 0 fully saturated rings. The average molecular weight is 429 g/mol. The number of carbonyl (C=O) groups excluding carboxylic acids is 1. The highest BCUT2D eigenvalue weighted by Gasteiger charge is 2.12. The van der Waals surface area contributed by atoms with E-state index < -0.39 is 11.1 Å². The lowest BCUT2D eigenvalue weighted by molar-refractivity contribution is 0.0876. The maximum atomic E-state index is 12.4. The fourth-order valence-corrected chi connectivity index (χ4v) is 3.68. The van der Waals surface area contributed by atoms with Crippen molar-refractivity contribution < 1.29 is 9.90 Å². The molecule has 0 aliphatic carbocycles. The van der Waals surface area contributed by atoms with Gasteiger partial charge in [-0.3, -0.25) is 19.5 Å². The molecule has 6 nitrogen and oxygen atoms in total. The van der Waals surface area contributed by atoms with Crippen LogP contribution in [0.5, 0.6) is 0 Å². The Bertz CT molecular complexity index is 958. The molecule has 1 aromatic heterocycles. The van der Waals surface area contributed by atoms with Crippen molar-refractivity contribution in [3.8, 4) is 0 Å². The fourth-order valence-electron chi connectivity index (χ4n) is 3.68. The summed E-state index contributed by atoms with van der Waals surface area (Å²) in [6.45, 7) is 2.20. The van der Waals surface area contributed by atoms with Gasteiger partial charge in [0.1, 0.15) is 0 Å². The lowest BCUT2D eigenvalue weighted by Gasteiger charge is -2.08. The SMILES string of the molecule is CCCCCCCC(O)CC/C=C\CCCCC(=O)n1[nH]c(=O)c2ccccc2c1=O. The Labute approximate surface area is 184 Å². The van der Waals surface area contributed by atoms with Gasteiger partial charge in [-0.1, -0.05) is 63.3 Å². The van der Waals surface area contributed by atoms with Gasteiger partial charge < -0.3 is 5.11 Å². The molecule has 1 aromatic carbocycles. The van der Waals surface area contributed by atoms with Gasteiger partial charge in [0.2, 0.25) is 5.91 Å². The van der Waals surface area contributed by atoms with Gasteiger partial charge in [-0.25, -0.2) is 0 Å². The highest BCUT2D eigenvalue weighted by Crippen LogP contribution is 2.11. The first-order valence-corrected chi connectivity index (χ1v) is 11.6. The first-order chi connectivity index (χ1) is 15.0. The Morgan fingerprint density at radius 3 is 2.45 bits per heavy atom. The van der Waals surface area contributed by atoms with Gasteiger partial charge >= 0.3 is 0 Å². The van der Waals surface area contributed by atoms with Crippen LogP contribution in [0.4, 0.5) is 0 Å². The number of hydrogen-bond donors (Lipinski definition) is 2. The van der Waals surface area contributed by atoms with Crippen molar-refractivity contribution in [2.45, 2.75) is 90.1 Å². The molecule has 0 spiro atoms. The zero-order chi connectivity index (χ0) is 22.5. The number of nitrogens with zero attached hydrogens (tertiary/aromatic N) is 1. The summed E-state index contributed by atoms with van der Waals surface area (Å²) in [5.41, 5.74) is -0.918. The number of fused-ring (bicyclic) bond motifs is 1. The summed E-state index contributed by atoms with van der Waals surface area (Å²) < 4.78 is 0.837. The lowest BCUT2D eigenvalue weighted by atomic mass is 10.0. The standard InChI is InChI=1S/C25H36N2O4/c1-2-3-4-7-10-15-20(28)16-11-8-5-6-9-12-19-23(29)27-25(31)22-18-14-13-17-21(22)24(30)26-27/h5,8,13-14,17-18,20,28H,2-4,6-7,9-12,15-16,19H2,1H3,(H,26,30)/b8-5-. The number of rotatable bonds is 14. The minimum absolute atomic E-state index is 0.207. The molecule has 1 atom stereocenters. The van der Waals surface area contributed by atoms with Crippen LogP contribution in [-0.4, -0.2) is 26.9 Å². The van der Waals surface area contributed by atoms with Crippen LogP contribution in [-0.2, 0) is 0 Å². The van der Waals surface area contributed by atoms with Crippen LogP contribution in [0.25, 0.3) is 10.8 Å². The third kappa shape index (κ3) is 8.29. The van der Waals surface area contributed by atoms with E-state index in [1.54, 1.807) is 24.3 Å². The number of hydrogen-bond acceptors (Lipinski definition) is 4. The normalized spacial score (nSPS) is 12.6. The molecule has 1 heterocycles. The molecule has 0 radical (unpaired) electrons. The molecule has 0 amide bonds. The topological polar surface area (TPSA) is 92.2 Å². The van der Waals surface area contributed by atoms with Gasteiger partial charge in [-0.2, -0.15) is 4.68 Å². The first-order valence-electron chi connectivity index (χ1n) is 11.6. The van der Waals surface area contributed by atoms with Crippen LogP contribution in [0, 0.1) is 0 Å². The van der Waals surface area contributed by atoms with Crippen LogP contribution in [0.1, 0.15) is 88.8 Å². The predicted octanol–water partition coefficient (Wildman–Crippen LogP) is 4.95. The van der Waals surface area contributed by atoms with Crippen LogP contribution in [0.3, 0.4) is 0 Å². The molecular weight excluding hydrogens is 392 g/mol. The molecule has 2 aromatic rings. The third-order valence-electron chi connectivity index (χ3n) is 5.55. The number of nitrogens with one attached hydrogen (secondary N) is 1. The van der Waals surface area contributed by atoms with E-state index in [-0.39, 0.29) is 23.8 Å². The van der Waals surface area contributed by atoms with Crippen LogP contribution in [0.2, 0.25) is 0 Å². The molecule has 31 heavy (non-hydrogen) atoms. The fraction of sp³-hybridized carbons (Fsp3) is 0.560. The second-order valence-electron chi connectivity index (χ2n) is 8.17. The molecule has 0 bridgehead atoms. The summed E-state index contributed by atoms with van der Waals surface area (Å²) in [6.07, 6.45) is 15.1. The molecule has 0 saturated carbocycles. The van der Waals surface area contributed by atoms with Gasteiger partial charge in [-0.15, -0.1) is 0 Å². The molecule has 6 heteroatoms. The number of aliphatic hydroxyl groups excluding tert-OH is 1. The van der Waals surface area contributed by atoms with Crippen molar-refractivity contribution in [2.75, 3.05) is 0 Å². The van der Waals surface area contributed by atoms with Gasteiger partial charge in [-0.05, 0) is 50.7 Å². The quantitative estimate of drug-likeness (QED) is 0.329. The molecule has 0 aliphatic rings. The van der Waals surface area contributed by atoms with E-state index in [0.29, 0.717) is 11.8 Å². The summed E-state index contributed by atoms with van der Waals surface area (Å²) in [6, 6.07) is 6.50. The number of unbranched alkanes of at least 4 members (excludes halogenated alkanes) is 6. The number of benzene rings is 1. The number of allylic oxidation sites excluding steroid dienone is 2. The van der Waals surface area contributed by atoms with E-state index in [1.165, 1.54) is 25.7 Å². The zero-order valence-corrected chi connectivity index (χ0v) is 18.6. The Kier molecular flexibility index (Phi) is 11.0. The highest BCUT2D eigenvalue weighted by molar-refractivity contribution is 5.84. The Hall–Kier alpha value is -2.47. The van der Waals surface area contributed by atoms with Gasteiger partial charge in [0.05, 0.1) is 16.9 Å². The number of carbonyl (C=O) groups is 1. The van der Waals surface area contributed by atoms with Crippen molar-refractivity contribution in [3.63, 3.8) is 0 Å². The Morgan fingerprint density at radius 1 is 0.968 bits per heavy atom. The predicted molar refractivity (Wildman–Crippen MR) is 126 cm³/mol. The molecule has 2 rings (SSSR count). The van der Waals surface area contributed by atoms with E-state index in [1.807, 2.05) is 0 Å². The minimum atomic E-state index is -0.482. The van der Waals surface area contributed by atoms with Crippen LogP contribution < -0.4 is 11.1 Å². The van der Waals surface area contributed by atoms with E-state index in [9.17, 15) is 19.5 Å². The maximum absolute atomic E-state index is 12.4. The summed E-state index contributed by atoms with van der Waals surface area (Å²) >= 11 is 0. The Morgan fingerprint density at radius 2 is 1.68 bits per heavy atom. The maximum Gasteiger partial charge on any atom is 0.280 e. The van der Waals surface area contributed by atoms with Gasteiger partial charge in [0.15, 0.2) is 0 Å². The zero-order valence-electron chi connectivity index (χ0n) is 18.6. The smallest absolute Gasteiger partial charge is 0.280 e. The van der Waals surface area contributed by atoms with E-state index in [4.69, 9.17) is 0 Å². The van der Waals surface area contributed by atoms with Crippen molar-refractivity contribution in [2.24, 2.45) is 0 Å². The Balaban J connectivity index is 1.64. The number of aromatic amines is 1. The lowest BCUT2D eigenvalue weighted by Crippen LogP contribution is -2.34. The first kappa shape index (κ1) is 24.8. The molecule has 2 N–H and O–H groups in total. The van der Waals surface area contributed by atoms with Crippen molar-refractivity contribution in [1.29, 1.82) is 0 Å². The molecular formula is C25H36N2O4. The van der Waals surface area contributed by atoms with Crippen LogP contribution in [0.15, 0.2) is 46.0 Å². The molecule has 0 saturated heterocycles. The van der Waals surface area contributed by atoms with Gasteiger partial charge in [0.25, 0.3) is 11.1 Å². The van der Waals surface area contributed by atoms with Crippen LogP contribution >= 0.6 is 0 Å². The average Bonchev–Trinajstić information content (AvgIpc) is 2.77. The molecule has 170 valence electrons. The highest BCUT2D eigenvalue weighted by atomic mass is 16.3. The second kappa shape index (κ2) is 13.8. The summed E-state index contributed by atoms with van der Waals surface area (Å²) in [5, 5.41) is 12.9.